The molecule has 2 aromatic carbocycles. The first kappa shape index (κ1) is 21.0. The molecule has 0 unspecified atom stereocenters. The molecule has 0 aliphatic heterocycles. The van der Waals surface area contributed by atoms with Gasteiger partial charge >= 0.3 is 0 Å². The van der Waals surface area contributed by atoms with Gasteiger partial charge in [0.05, 0.1) is 12.1 Å². The molecule has 0 saturated heterocycles. The summed E-state index contributed by atoms with van der Waals surface area (Å²) in [6.07, 6.45) is 0.941. The van der Waals surface area contributed by atoms with Gasteiger partial charge in [0.2, 0.25) is 5.91 Å². The van der Waals surface area contributed by atoms with Gasteiger partial charge in [-0.15, -0.1) is 5.10 Å². The molecular formula is C22H23F2N5O2. The third kappa shape index (κ3) is 4.61. The number of tetrazole rings is 1. The summed E-state index contributed by atoms with van der Waals surface area (Å²) in [6, 6.07) is 11.3. The van der Waals surface area contributed by atoms with E-state index in [9.17, 15) is 13.6 Å². The minimum Gasteiger partial charge on any atom is -0.363 e. The number of H-pyrrole nitrogens is 1. The fourth-order valence-electron chi connectivity index (χ4n) is 3.53. The van der Waals surface area contributed by atoms with Crippen molar-refractivity contribution in [2.45, 2.75) is 44.9 Å². The summed E-state index contributed by atoms with van der Waals surface area (Å²) < 4.78 is 32.4. The Morgan fingerprint density at radius 2 is 1.90 bits per heavy atom. The molecule has 4 rings (SSSR count). The molecule has 1 fully saturated rings. The second-order valence-electron chi connectivity index (χ2n) is 8.12. The van der Waals surface area contributed by atoms with Crippen molar-refractivity contribution in [2.24, 2.45) is 5.92 Å². The molecule has 1 aliphatic carbocycles. The largest absolute Gasteiger partial charge is 0.363 e. The van der Waals surface area contributed by atoms with Gasteiger partial charge in [0.15, 0.2) is 17.5 Å². The Hall–Kier alpha value is -3.20. The first-order valence-electron chi connectivity index (χ1n) is 10.1. The number of hydrogen-bond donors (Lipinski definition) is 2. The Balaban J connectivity index is 1.42. The van der Waals surface area contributed by atoms with Gasteiger partial charge < -0.3 is 10.1 Å². The maximum absolute atomic E-state index is 13.4. The van der Waals surface area contributed by atoms with E-state index in [4.69, 9.17) is 4.74 Å². The van der Waals surface area contributed by atoms with Gasteiger partial charge in [0.1, 0.15) is 6.10 Å². The zero-order chi connectivity index (χ0) is 22.0. The highest BCUT2D eigenvalue weighted by molar-refractivity contribution is 5.82. The SMILES string of the molecule is CC(C)[C@@H](OCc1ccc(F)c(F)c1)C(=O)NC1(c2ccc(-c3nnn[nH]3)cc2)CC1. The topological polar surface area (TPSA) is 92.8 Å². The van der Waals surface area contributed by atoms with Crippen LogP contribution in [0.5, 0.6) is 0 Å². The quantitative estimate of drug-likeness (QED) is 0.574. The minimum absolute atomic E-state index is 0.0143. The molecule has 1 saturated carbocycles. The maximum Gasteiger partial charge on any atom is 0.250 e. The van der Waals surface area contributed by atoms with Gasteiger partial charge in [-0.3, -0.25) is 4.79 Å². The van der Waals surface area contributed by atoms with Crippen LogP contribution in [0.2, 0.25) is 0 Å². The summed E-state index contributed by atoms with van der Waals surface area (Å²) in [5, 5.41) is 16.9. The molecule has 2 N–H and O–H groups in total. The Labute approximate surface area is 178 Å². The van der Waals surface area contributed by atoms with E-state index in [2.05, 4.69) is 25.9 Å². The summed E-state index contributed by atoms with van der Waals surface area (Å²) in [5.41, 5.74) is 1.90. The Morgan fingerprint density at radius 3 is 2.48 bits per heavy atom. The molecule has 31 heavy (non-hydrogen) atoms. The van der Waals surface area contributed by atoms with E-state index in [1.54, 1.807) is 0 Å². The number of nitrogens with zero attached hydrogens (tertiary/aromatic N) is 3. The van der Waals surface area contributed by atoms with Gasteiger partial charge in [0.25, 0.3) is 0 Å². The molecule has 1 heterocycles. The number of halogens is 2. The summed E-state index contributed by atoms with van der Waals surface area (Å²) in [5.74, 6) is -1.59. The zero-order valence-corrected chi connectivity index (χ0v) is 17.2. The lowest BCUT2D eigenvalue weighted by Gasteiger charge is -2.25. The minimum atomic E-state index is -0.937. The highest BCUT2D eigenvalue weighted by atomic mass is 19.2. The van der Waals surface area contributed by atoms with E-state index in [1.165, 1.54) is 6.07 Å². The number of aromatic nitrogens is 4. The number of rotatable bonds is 8. The van der Waals surface area contributed by atoms with Crippen LogP contribution in [0, 0.1) is 17.6 Å². The molecule has 162 valence electrons. The summed E-state index contributed by atoms with van der Waals surface area (Å²) in [4.78, 5) is 13.0. The first-order valence-corrected chi connectivity index (χ1v) is 10.1. The molecule has 7 nitrogen and oxygen atoms in total. The van der Waals surface area contributed by atoms with Crippen LogP contribution in [0.25, 0.3) is 11.4 Å². The monoisotopic (exact) mass is 427 g/mol. The number of carbonyl (C=O) groups excluding carboxylic acids is 1. The van der Waals surface area contributed by atoms with Crippen molar-refractivity contribution in [2.75, 3.05) is 0 Å². The van der Waals surface area contributed by atoms with E-state index in [0.29, 0.717) is 11.4 Å². The smallest absolute Gasteiger partial charge is 0.250 e. The van der Waals surface area contributed by atoms with Crippen LogP contribution in [0.4, 0.5) is 8.78 Å². The van der Waals surface area contributed by atoms with Crippen molar-refractivity contribution in [3.05, 3.63) is 65.2 Å². The van der Waals surface area contributed by atoms with Crippen LogP contribution >= 0.6 is 0 Å². The fraction of sp³-hybridized carbons (Fsp3) is 0.364. The molecule has 1 aliphatic rings. The highest BCUT2D eigenvalue weighted by Crippen LogP contribution is 2.46. The predicted octanol–water partition coefficient (Wildman–Crippen LogP) is 3.49. The first-order chi connectivity index (χ1) is 14.9. The molecule has 1 amide bonds. The Morgan fingerprint density at radius 1 is 1.16 bits per heavy atom. The predicted molar refractivity (Wildman–Crippen MR) is 108 cm³/mol. The van der Waals surface area contributed by atoms with Crippen molar-refractivity contribution in [1.29, 1.82) is 0 Å². The number of carbonyl (C=O) groups is 1. The van der Waals surface area contributed by atoms with Crippen LogP contribution in [0.1, 0.15) is 37.8 Å². The van der Waals surface area contributed by atoms with E-state index >= 15 is 0 Å². The number of aromatic amines is 1. The van der Waals surface area contributed by atoms with E-state index in [-0.39, 0.29) is 18.4 Å². The average Bonchev–Trinajstić information content (AvgIpc) is 3.31. The molecule has 9 heteroatoms. The van der Waals surface area contributed by atoms with E-state index < -0.39 is 23.3 Å². The zero-order valence-electron chi connectivity index (χ0n) is 17.2. The molecule has 0 spiro atoms. The Bertz CT molecular complexity index is 1050. The third-order valence-corrected chi connectivity index (χ3v) is 5.45. The number of hydrogen-bond acceptors (Lipinski definition) is 5. The number of amides is 1. The third-order valence-electron chi connectivity index (χ3n) is 5.45. The maximum atomic E-state index is 13.4. The van der Waals surface area contributed by atoms with Gasteiger partial charge in [-0.2, -0.15) is 0 Å². The van der Waals surface area contributed by atoms with Crippen molar-refractivity contribution in [3.8, 4) is 11.4 Å². The van der Waals surface area contributed by atoms with Crippen molar-refractivity contribution in [3.63, 3.8) is 0 Å². The molecule has 3 aromatic rings. The van der Waals surface area contributed by atoms with E-state index in [1.807, 2.05) is 38.1 Å². The van der Waals surface area contributed by atoms with Gasteiger partial charge in [0, 0.05) is 5.56 Å². The van der Waals surface area contributed by atoms with Gasteiger partial charge in [-0.25, -0.2) is 13.9 Å². The second kappa shape index (κ2) is 8.50. The van der Waals surface area contributed by atoms with E-state index in [0.717, 1.165) is 36.1 Å². The highest BCUT2D eigenvalue weighted by Gasteiger charge is 2.46. The van der Waals surface area contributed by atoms with Gasteiger partial charge in [-0.05, 0) is 52.4 Å². The number of benzene rings is 2. The van der Waals surface area contributed by atoms with Crippen molar-refractivity contribution < 1.29 is 18.3 Å². The summed E-state index contributed by atoms with van der Waals surface area (Å²) >= 11 is 0. The molecular weight excluding hydrogens is 404 g/mol. The van der Waals surface area contributed by atoms with Crippen molar-refractivity contribution in [1.82, 2.24) is 25.9 Å². The Kier molecular flexibility index (Phi) is 5.77. The number of ether oxygens (including phenoxy) is 1. The molecule has 1 aromatic heterocycles. The second-order valence-corrected chi connectivity index (χ2v) is 8.12. The fourth-order valence-corrected chi connectivity index (χ4v) is 3.53. The lowest BCUT2D eigenvalue weighted by molar-refractivity contribution is -0.137. The lowest BCUT2D eigenvalue weighted by atomic mass is 10.0. The standard InChI is InChI=1S/C22H23F2N5O2/c1-13(2)19(31-12-14-3-8-17(23)18(24)11-14)21(30)25-22(9-10-22)16-6-4-15(5-7-16)20-26-28-29-27-20/h3-8,11,13,19H,9-10,12H2,1-2H3,(H,25,30)(H,26,27,28,29)/t19-/m1/s1. The van der Waals surface area contributed by atoms with Crippen LogP contribution in [0.15, 0.2) is 42.5 Å². The molecule has 1 atom stereocenters. The van der Waals surface area contributed by atoms with Crippen LogP contribution in [-0.4, -0.2) is 32.6 Å². The average molecular weight is 427 g/mol. The molecule has 0 radical (unpaired) electrons. The van der Waals surface area contributed by atoms with Crippen LogP contribution < -0.4 is 5.32 Å². The van der Waals surface area contributed by atoms with Crippen molar-refractivity contribution >= 4 is 5.91 Å². The normalized spacial score (nSPS) is 15.6. The van der Waals surface area contributed by atoms with Gasteiger partial charge in [-0.1, -0.05) is 44.2 Å². The van der Waals surface area contributed by atoms with Crippen LogP contribution in [0.3, 0.4) is 0 Å². The summed E-state index contributed by atoms with van der Waals surface area (Å²) in [6.45, 7) is 3.78. The summed E-state index contributed by atoms with van der Waals surface area (Å²) in [7, 11) is 0. The number of nitrogens with one attached hydrogen (secondary N) is 2. The van der Waals surface area contributed by atoms with Crippen LogP contribution in [-0.2, 0) is 21.7 Å². The lowest BCUT2D eigenvalue weighted by Crippen LogP contribution is -2.44. The molecule has 0 bridgehead atoms.